The van der Waals surface area contributed by atoms with Gasteiger partial charge in [0.1, 0.15) is 13.2 Å². The third-order valence-electron chi connectivity index (χ3n) is 4.70. The molecule has 0 saturated carbocycles. The molecule has 8 nitrogen and oxygen atoms in total. The van der Waals surface area contributed by atoms with Crippen molar-refractivity contribution in [3.63, 3.8) is 0 Å². The van der Waals surface area contributed by atoms with Crippen LogP contribution in [-0.4, -0.2) is 50.4 Å². The van der Waals surface area contributed by atoms with Crippen molar-refractivity contribution in [2.75, 3.05) is 43.5 Å². The highest BCUT2D eigenvalue weighted by atomic mass is 16.6. The fraction of sp³-hybridized carbons (Fsp3) is 0.318. The first-order chi connectivity index (χ1) is 14.4. The number of carbonyl (C=O) groups is 3. The lowest BCUT2D eigenvalue weighted by molar-refractivity contribution is -0.881. The van der Waals surface area contributed by atoms with Crippen LogP contribution in [0.1, 0.15) is 24.2 Å². The van der Waals surface area contributed by atoms with Crippen molar-refractivity contribution in [3.05, 3.63) is 48.0 Å². The van der Waals surface area contributed by atoms with Gasteiger partial charge in [-0.3, -0.25) is 14.4 Å². The molecule has 1 unspecified atom stereocenters. The molecule has 0 aliphatic carbocycles. The Morgan fingerprint density at radius 3 is 2.17 bits per heavy atom. The topological polar surface area (TPSA) is 98.2 Å². The predicted octanol–water partition coefficient (Wildman–Crippen LogP) is 1.14. The second-order valence-corrected chi connectivity index (χ2v) is 7.05. The van der Waals surface area contributed by atoms with Gasteiger partial charge in [0.05, 0.1) is 6.54 Å². The maximum atomic E-state index is 12.4. The lowest BCUT2D eigenvalue weighted by Gasteiger charge is -2.20. The summed E-state index contributed by atoms with van der Waals surface area (Å²) in [7, 11) is 0. The molecule has 1 atom stereocenters. The molecule has 158 valence electrons. The van der Waals surface area contributed by atoms with Crippen LogP contribution in [0, 0.1) is 0 Å². The van der Waals surface area contributed by atoms with Gasteiger partial charge in [0.15, 0.2) is 30.4 Å². The molecule has 0 bridgehead atoms. The highest BCUT2D eigenvalue weighted by Gasteiger charge is 2.18. The molecule has 0 fully saturated rings. The SMILES string of the molecule is CC[NH+](CC(=O)Nc1cccc(C(C)=O)c1)CC(=O)Nc1ccc2c(c1)OCCO2. The molecule has 8 heteroatoms. The minimum atomic E-state index is -0.223. The van der Waals surface area contributed by atoms with Crippen LogP contribution in [0.3, 0.4) is 0 Å². The van der Waals surface area contributed by atoms with Gasteiger partial charge in [-0.1, -0.05) is 12.1 Å². The summed E-state index contributed by atoms with van der Waals surface area (Å²) in [6.45, 7) is 5.26. The van der Waals surface area contributed by atoms with Crippen LogP contribution in [0.2, 0.25) is 0 Å². The van der Waals surface area contributed by atoms with E-state index < -0.39 is 0 Å². The number of fused-ring (bicyclic) bond motifs is 1. The second kappa shape index (κ2) is 9.89. The summed E-state index contributed by atoms with van der Waals surface area (Å²) in [6, 6.07) is 12.0. The molecule has 2 amide bonds. The molecule has 0 saturated heterocycles. The first-order valence-electron chi connectivity index (χ1n) is 9.88. The van der Waals surface area contributed by atoms with E-state index in [9.17, 15) is 14.4 Å². The number of likely N-dealkylation sites (N-methyl/N-ethyl adjacent to an activating group) is 1. The Labute approximate surface area is 175 Å². The van der Waals surface area contributed by atoms with Crippen LogP contribution in [0.25, 0.3) is 0 Å². The van der Waals surface area contributed by atoms with E-state index in [4.69, 9.17) is 9.47 Å². The Morgan fingerprint density at radius 1 is 0.900 bits per heavy atom. The van der Waals surface area contributed by atoms with E-state index in [1.807, 2.05) is 6.92 Å². The van der Waals surface area contributed by atoms with Crippen LogP contribution < -0.4 is 25.0 Å². The van der Waals surface area contributed by atoms with Gasteiger partial charge in [0, 0.05) is 23.0 Å². The number of ketones is 1. The number of nitrogens with one attached hydrogen (secondary N) is 3. The number of hydrogen-bond acceptors (Lipinski definition) is 5. The highest BCUT2D eigenvalue weighted by Crippen LogP contribution is 2.32. The molecule has 1 heterocycles. The first kappa shape index (κ1) is 21.3. The standard InChI is InChI=1S/C22H25N3O5/c1-3-25(13-21(27)23-17-6-4-5-16(11-17)15(2)26)14-22(28)24-18-7-8-19-20(12-18)30-10-9-29-19/h4-8,11-12H,3,9-10,13-14H2,1-2H3,(H,23,27)(H,24,28)/p+1. The summed E-state index contributed by atoms with van der Waals surface area (Å²) in [5, 5.41) is 5.62. The zero-order valence-corrected chi connectivity index (χ0v) is 17.1. The van der Waals surface area contributed by atoms with Gasteiger partial charge in [-0.05, 0) is 38.1 Å². The van der Waals surface area contributed by atoms with E-state index >= 15 is 0 Å². The molecule has 0 radical (unpaired) electrons. The van der Waals surface area contributed by atoms with Crippen molar-refractivity contribution in [2.45, 2.75) is 13.8 Å². The molecule has 0 spiro atoms. The lowest BCUT2D eigenvalue weighted by Crippen LogP contribution is -3.13. The summed E-state index contributed by atoms with van der Waals surface area (Å²) in [4.78, 5) is 37.1. The number of quaternary nitrogens is 1. The average molecular weight is 412 g/mol. The van der Waals surface area contributed by atoms with Gasteiger partial charge >= 0.3 is 0 Å². The molecule has 2 aromatic carbocycles. The van der Waals surface area contributed by atoms with Crippen molar-refractivity contribution >= 4 is 29.0 Å². The van der Waals surface area contributed by atoms with Crippen molar-refractivity contribution in [3.8, 4) is 11.5 Å². The van der Waals surface area contributed by atoms with Crippen LogP contribution in [0.5, 0.6) is 11.5 Å². The monoisotopic (exact) mass is 412 g/mol. The van der Waals surface area contributed by atoms with Crippen LogP contribution in [0.4, 0.5) is 11.4 Å². The van der Waals surface area contributed by atoms with Crippen LogP contribution in [0.15, 0.2) is 42.5 Å². The van der Waals surface area contributed by atoms with Gasteiger partial charge < -0.3 is 25.0 Å². The molecule has 2 aromatic rings. The van der Waals surface area contributed by atoms with Crippen LogP contribution in [-0.2, 0) is 9.59 Å². The Balaban J connectivity index is 1.53. The smallest absolute Gasteiger partial charge is 0.279 e. The van der Waals surface area contributed by atoms with Gasteiger partial charge in [-0.15, -0.1) is 0 Å². The minimum absolute atomic E-state index is 0.0669. The fourth-order valence-corrected chi connectivity index (χ4v) is 3.11. The van der Waals surface area contributed by atoms with Gasteiger partial charge in [0.2, 0.25) is 0 Å². The molecule has 0 aromatic heterocycles. The van der Waals surface area contributed by atoms with Crippen molar-refractivity contribution in [1.82, 2.24) is 0 Å². The Hall–Kier alpha value is -3.39. The Morgan fingerprint density at radius 2 is 1.53 bits per heavy atom. The van der Waals surface area contributed by atoms with E-state index in [1.54, 1.807) is 42.5 Å². The quantitative estimate of drug-likeness (QED) is 0.565. The maximum absolute atomic E-state index is 12.4. The van der Waals surface area contributed by atoms with Crippen molar-refractivity contribution < 1.29 is 28.8 Å². The molecule has 30 heavy (non-hydrogen) atoms. The summed E-state index contributed by atoms with van der Waals surface area (Å²) in [6.07, 6.45) is 0. The van der Waals surface area contributed by atoms with E-state index in [1.165, 1.54) is 6.92 Å². The largest absolute Gasteiger partial charge is 0.486 e. The number of carbonyl (C=O) groups excluding carboxylic acids is 3. The zero-order chi connectivity index (χ0) is 21.5. The number of hydrogen-bond donors (Lipinski definition) is 3. The summed E-state index contributed by atoms with van der Waals surface area (Å²) >= 11 is 0. The zero-order valence-electron chi connectivity index (χ0n) is 17.1. The normalized spacial score (nSPS) is 13.3. The summed E-state index contributed by atoms with van der Waals surface area (Å²) in [5.74, 6) is 0.772. The molecule has 3 N–H and O–H groups in total. The van der Waals surface area contributed by atoms with Crippen molar-refractivity contribution in [2.24, 2.45) is 0 Å². The third-order valence-corrected chi connectivity index (χ3v) is 4.70. The van der Waals surface area contributed by atoms with E-state index in [0.717, 1.165) is 4.90 Å². The predicted molar refractivity (Wildman–Crippen MR) is 112 cm³/mol. The number of benzene rings is 2. The Kier molecular flexibility index (Phi) is 7.03. The molecule has 3 rings (SSSR count). The van der Waals surface area contributed by atoms with E-state index in [2.05, 4.69) is 10.6 Å². The number of Topliss-reactive ketones (excluding diaryl/α,β-unsaturated/α-hetero) is 1. The van der Waals surface area contributed by atoms with Crippen LogP contribution >= 0.6 is 0 Å². The number of ether oxygens (including phenoxy) is 2. The molecular weight excluding hydrogens is 386 g/mol. The molecule has 1 aliphatic rings. The fourth-order valence-electron chi connectivity index (χ4n) is 3.11. The van der Waals surface area contributed by atoms with Gasteiger partial charge in [-0.2, -0.15) is 0 Å². The van der Waals surface area contributed by atoms with E-state index in [0.29, 0.717) is 48.2 Å². The number of anilines is 2. The number of amides is 2. The summed E-state index contributed by atoms with van der Waals surface area (Å²) in [5.41, 5.74) is 1.71. The highest BCUT2D eigenvalue weighted by molar-refractivity contribution is 5.97. The maximum Gasteiger partial charge on any atom is 0.279 e. The summed E-state index contributed by atoms with van der Waals surface area (Å²) < 4.78 is 11.0. The molecule has 1 aliphatic heterocycles. The van der Waals surface area contributed by atoms with Gasteiger partial charge in [0.25, 0.3) is 11.8 Å². The van der Waals surface area contributed by atoms with E-state index in [-0.39, 0.29) is 30.7 Å². The lowest BCUT2D eigenvalue weighted by atomic mass is 10.1. The van der Waals surface area contributed by atoms with Gasteiger partial charge in [-0.25, -0.2) is 0 Å². The molecular formula is C22H26N3O5+. The third kappa shape index (κ3) is 5.81. The Bertz CT molecular complexity index is 944. The minimum Gasteiger partial charge on any atom is -0.486 e. The first-order valence-corrected chi connectivity index (χ1v) is 9.88. The average Bonchev–Trinajstić information content (AvgIpc) is 2.73. The second-order valence-electron chi connectivity index (χ2n) is 7.05. The number of rotatable bonds is 8. The van der Waals surface area contributed by atoms with Crippen molar-refractivity contribution in [1.29, 1.82) is 0 Å².